The van der Waals surface area contributed by atoms with E-state index in [1.54, 1.807) is 21.3 Å². The highest BCUT2D eigenvalue weighted by molar-refractivity contribution is 5.43. The molecule has 1 fully saturated rings. The van der Waals surface area contributed by atoms with Crippen LogP contribution < -0.4 is 19.5 Å². The molecule has 3 rings (SSSR count). The summed E-state index contributed by atoms with van der Waals surface area (Å²) >= 11 is 0. The van der Waals surface area contributed by atoms with Crippen LogP contribution in [0.15, 0.2) is 42.5 Å². The quantitative estimate of drug-likeness (QED) is 0.798. The zero-order chi connectivity index (χ0) is 18.6. The molecule has 2 aromatic carbocycles. The van der Waals surface area contributed by atoms with Crippen LogP contribution in [0.1, 0.15) is 17.0 Å². The Balaban J connectivity index is 1.89. The SMILES string of the molecule is COc1ccc(C2CNCC2(CO)Cc2ccc(OC)c(OC)c2)cc1. The molecular weight excluding hydrogens is 330 g/mol. The lowest BCUT2D eigenvalue weighted by Crippen LogP contribution is -2.35. The monoisotopic (exact) mass is 357 g/mol. The fraction of sp³-hybridized carbons (Fsp3) is 0.429. The molecule has 5 heteroatoms. The van der Waals surface area contributed by atoms with E-state index < -0.39 is 0 Å². The smallest absolute Gasteiger partial charge is 0.160 e. The number of nitrogens with one attached hydrogen (secondary N) is 1. The van der Waals surface area contributed by atoms with E-state index in [0.29, 0.717) is 11.5 Å². The third kappa shape index (κ3) is 3.50. The van der Waals surface area contributed by atoms with Crippen molar-refractivity contribution in [2.45, 2.75) is 12.3 Å². The highest BCUT2D eigenvalue weighted by Crippen LogP contribution is 2.43. The van der Waals surface area contributed by atoms with Crippen LogP contribution in [-0.4, -0.2) is 46.1 Å². The van der Waals surface area contributed by atoms with Crippen LogP contribution >= 0.6 is 0 Å². The van der Waals surface area contributed by atoms with Gasteiger partial charge in [0.1, 0.15) is 5.75 Å². The Kier molecular flexibility index (Phi) is 5.69. The highest BCUT2D eigenvalue weighted by atomic mass is 16.5. The summed E-state index contributed by atoms with van der Waals surface area (Å²) in [5.74, 6) is 2.50. The average molecular weight is 357 g/mol. The van der Waals surface area contributed by atoms with Crippen molar-refractivity contribution in [1.29, 1.82) is 0 Å². The van der Waals surface area contributed by atoms with Gasteiger partial charge in [-0.3, -0.25) is 0 Å². The van der Waals surface area contributed by atoms with Crippen LogP contribution in [0.5, 0.6) is 17.2 Å². The molecule has 1 aliphatic rings. The van der Waals surface area contributed by atoms with Gasteiger partial charge in [-0.1, -0.05) is 18.2 Å². The van der Waals surface area contributed by atoms with E-state index >= 15 is 0 Å². The second-order valence-corrected chi connectivity index (χ2v) is 6.84. The van der Waals surface area contributed by atoms with Gasteiger partial charge in [0.15, 0.2) is 11.5 Å². The largest absolute Gasteiger partial charge is 0.497 e. The Morgan fingerprint density at radius 2 is 1.73 bits per heavy atom. The maximum Gasteiger partial charge on any atom is 0.160 e. The van der Waals surface area contributed by atoms with Crippen molar-refractivity contribution in [3.05, 3.63) is 53.6 Å². The molecule has 2 atom stereocenters. The predicted molar refractivity (Wildman–Crippen MR) is 101 cm³/mol. The van der Waals surface area contributed by atoms with Gasteiger partial charge < -0.3 is 24.6 Å². The zero-order valence-corrected chi connectivity index (χ0v) is 15.6. The fourth-order valence-corrected chi connectivity index (χ4v) is 3.92. The van der Waals surface area contributed by atoms with Crippen molar-refractivity contribution < 1.29 is 19.3 Å². The van der Waals surface area contributed by atoms with Crippen LogP contribution in [0.25, 0.3) is 0 Å². The average Bonchev–Trinajstić information content (AvgIpc) is 3.11. The van der Waals surface area contributed by atoms with Crippen molar-refractivity contribution in [3.8, 4) is 17.2 Å². The Morgan fingerprint density at radius 1 is 1.00 bits per heavy atom. The van der Waals surface area contributed by atoms with Crippen LogP contribution in [0.4, 0.5) is 0 Å². The number of aliphatic hydroxyl groups is 1. The summed E-state index contributed by atoms with van der Waals surface area (Å²) < 4.78 is 16.0. The van der Waals surface area contributed by atoms with Crippen molar-refractivity contribution in [1.82, 2.24) is 5.32 Å². The Labute approximate surface area is 154 Å². The van der Waals surface area contributed by atoms with Crippen LogP contribution in [0, 0.1) is 5.41 Å². The molecule has 2 unspecified atom stereocenters. The first-order valence-corrected chi connectivity index (χ1v) is 8.82. The molecule has 140 valence electrons. The van der Waals surface area contributed by atoms with Gasteiger partial charge in [0.05, 0.1) is 27.9 Å². The number of rotatable bonds is 7. The van der Waals surface area contributed by atoms with E-state index in [-0.39, 0.29) is 17.9 Å². The van der Waals surface area contributed by atoms with E-state index in [0.717, 1.165) is 30.8 Å². The van der Waals surface area contributed by atoms with E-state index in [1.165, 1.54) is 5.56 Å². The molecule has 0 bridgehead atoms. The lowest BCUT2D eigenvalue weighted by atomic mass is 9.71. The summed E-state index contributed by atoms with van der Waals surface area (Å²) in [5, 5.41) is 13.8. The number of ether oxygens (including phenoxy) is 3. The molecule has 0 amide bonds. The van der Waals surface area contributed by atoms with Gasteiger partial charge in [0.2, 0.25) is 0 Å². The van der Waals surface area contributed by atoms with E-state index in [2.05, 4.69) is 17.4 Å². The lowest BCUT2D eigenvalue weighted by Gasteiger charge is -2.33. The Hall–Kier alpha value is -2.24. The third-order valence-corrected chi connectivity index (χ3v) is 5.40. The van der Waals surface area contributed by atoms with Gasteiger partial charge in [0.25, 0.3) is 0 Å². The summed E-state index contributed by atoms with van der Waals surface area (Å²) in [5.41, 5.74) is 2.08. The highest BCUT2D eigenvalue weighted by Gasteiger charge is 2.43. The molecule has 2 N–H and O–H groups in total. The molecule has 0 aromatic heterocycles. The first-order chi connectivity index (χ1) is 12.7. The second kappa shape index (κ2) is 7.98. The minimum Gasteiger partial charge on any atom is -0.497 e. The first kappa shape index (κ1) is 18.5. The Bertz CT molecular complexity index is 731. The number of hydrogen-bond donors (Lipinski definition) is 2. The van der Waals surface area contributed by atoms with E-state index in [1.807, 2.05) is 30.3 Å². The summed E-state index contributed by atoms with van der Waals surface area (Å²) in [6.07, 6.45) is 0.757. The molecular formula is C21H27NO4. The van der Waals surface area contributed by atoms with E-state index in [9.17, 15) is 5.11 Å². The number of aliphatic hydroxyl groups excluding tert-OH is 1. The minimum absolute atomic E-state index is 0.116. The molecule has 1 aliphatic heterocycles. The van der Waals surface area contributed by atoms with E-state index in [4.69, 9.17) is 14.2 Å². The number of benzene rings is 2. The molecule has 1 saturated heterocycles. The van der Waals surface area contributed by atoms with Gasteiger partial charge in [0, 0.05) is 24.4 Å². The first-order valence-electron chi connectivity index (χ1n) is 8.82. The van der Waals surface area contributed by atoms with Crippen molar-refractivity contribution in [3.63, 3.8) is 0 Å². The molecule has 0 radical (unpaired) electrons. The van der Waals surface area contributed by atoms with Gasteiger partial charge in [-0.25, -0.2) is 0 Å². The summed E-state index contributed by atoms with van der Waals surface area (Å²) in [6, 6.07) is 14.1. The number of hydrogen-bond acceptors (Lipinski definition) is 5. The molecule has 1 heterocycles. The normalized spacial score (nSPS) is 22.2. The maximum atomic E-state index is 10.3. The van der Waals surface area contributed by atoms with Crippen LogP contribution in [0.3, 0.4) is 0 Å². The van der Waals surface area contributed by atoms with Gasteiger partial charge in [-0.2, -0.15) is 0 Å². The minimum atomic E-state index is -0.256. The lowest BCUT2D eigenvalue weighted by molar-refractivity contribution is 0.126. The molecule has 0 spiro atoms. The van der Waals surface area contributed by atoms with Crippen LogP contribution in [0.2, 0.25) is 0 Å². The third-order valence-electron chi connectivity index (χ3n) is 5.40. The van der Waals surface area contributed by atoms with Gasteiger partial charge in [-0.05, 0) is 41.8 Å². The summed E-state index contributed by atoms with van der Waals surface area (Å²) in [6.45, 7) is 1.74. The fourth-order valence-electron chi connectivity index (χ4n) is 3.92. The van der Waals surface area contributed by atoms with Gasteiger partial charge >= 0.3 is 0 Å². The topological polar surface area (TPSA) is 60.0 Å². The van der Waals surface area contributed by atoms with Crippen molar-refractivity contribution in [2.24, 2.45) is 5.41 Å². The molecule has 26 heavy (non-hydrogen) atoms. The van der Waals surface area contributed by atoms with Crippen molar-refractivity contribution in [2.75, 3.05) is 41.0 Å². The second-order valence-electron chi connectivity index (χ2n) is 6.84. The summed E-state index contributed by atoms with van der Waals surface area (Å²) in [4.78, 5) is 0. The number of methoxy groups -OCH3 is 3. The molecule has 5 nitrogen and oxygen atoms in total. The molecule has 2 aromatic rings. The van der Waals surface area contributed by atoms with Crippen molar-refractivity contribution >= 4 is 0 Å². The zero-order valence-electron chi connectivity index (χ0n) is 15.6. The van der Waals surface area contributed by atoms with Gasteiger partial charge in [-0.15, -0.1) is 0 Å². The standard InChI is InChI=1S/C21H27NO4/c1-24-17-7-5-16(6-8-17)18-12-22-13-21(18,14-23)11-15-4-9-19(25-2)20(10-15)26-3/h4-10,18,22-23H,11-14H2,1-3H3. The molecule has 0 saturated carbocycles. The molecule has 0 aliphatic carbocycles. The van der Waals surface area contributed by atoms with Crippen LogP contribution in [-0.2, 0) is 6.42 Å². The predicted octanol–water partition coefficient (Wildman–Crippen LogP) is 2.62. The Morgan fingerprint density at radius 3 is 2.35 bits per heavy atom. The summed E-state index contributed by atoms with van der Waals surface area (Å²) in [7, 11) is 4.94. The maximum absolute atomic E-state index is 10.3.